The monoisotopic (exact) mass is 260 g/mol. The van der Waals surface area contributed by atoms with E-state index in [0.717, 1.165) is 0 Å². The van der Waals surface area contributed by atoms with E-state index in [0.29, 0.717) is 27.9 Å². The molecule has 5 nitrogen and oxygen atoms in total. The summed E-state index contributed by atoms with van der Waals surface area (Å²) < 4.78 is 2.98. The van der Waals surface area contributed by atoms with Crippen molar-refractivity contribution in [3.63, 3.8) is 0 Å². The summed E-state index contributed by atoms with van der Waals surface area (Å²) in [6.07, 6.45) is 1.61. The first kappa shape index (κ1) is 10.8. The minimum atomic E-state index is 0.0695. The highest BCUT2D eigenvalue weighted by Gasteiger charge is 2.25. The van der Waals surface area contributed by atoms with E-state index in [2.05, 4.69) is 10.2 Å². The first-order valence-electron chi connectivity index (χ1n) is 4.25. The van der Waals surface area contributed by atoms with Crippen LogP contribution in [0.1, 0.15) is 0 Å². The van der Waals surface area contributed by atoms with Gasteiger partial charge < -0.3 is 4.57 Å². The van der Waals surface area contributed by atoms with Crippen molar-refractivity contribution < 1.29 is 4.79 Å². The Kier molecular flexibility index (Phi) is 3.17. The smallest absolute Gasteiger partial charge is 0.238 e. The van der Waals surface area contributed by atoms with Gasteiger partial charge in [-0.1, -0.05) is 24.0 Å². The zero-order valence-corrected chi connectivity index (χ0v) is 10.1. The summed E-state index contributed by atoms with van der Waals surface area (Å²) in [6.45, 7) is 1.17. The molecular formula is C7H8N4OS3. The molecular weight excluding hydrogens is 252 g/mol. The average Bonchev–Trinajstić information content (AvgIpc) is 2.73. The van der Waals surface area contributed by atoms with Crippen LogP contribution in [0.15, 0.2) is 6.33 Å². The average molecular weight is 260 g/mol. The second-order valence-electron chi connectivity index (χ2n) is 2.95. The minimum Gasteiger partial charge on any atom is -0.305 e. The lowest BCUT2D eigenvalue weighted by Gasteiger charge is -2.14. The standard InChI is InChI=1S/C7H8N4OS3/c12-5-3-15-7(14)11(5)2-1-10-4-8-9-6(10)13/h4H,1-3H2,(H,9,13). The minimum absolute atomic E-state index is 0.0695. The lowest BCUT2D eigenvalue weighted by Crippen LogP contribution is -2.31. The fraction of sp³-hybridized carbons (Fsp3) is 0.429. The predicted octanol–water partition coefficient (Wildman–Crippen LogP) is 0.801. The first-order valence-corrected chi connectivity index (χ1v) is 6.05. The molecule has 0 spiro atoms. The van der Waals surface area contributed by atoms with Gasteiger partial charge in [0.15, 0.2) is 4.77 Å². The molecule has 1 aromatic heterocycles. The first-order chi connectivity index (χ1) is 7.18. The highest BCUT2D eigenvalue weighted by Crippen LogP contribution is 2.18. The Morgan fingerprint density at radius 1 is 1.53 bits per heavy atom. The number of rotatable bonds is 3. The van der Waals surface area contributed by atoms with Crippen molar-refractivity contribution >= 4 is 46.4 Å². The molecule has 2 heterocycles. The molecule has 80 valence electrons. The van der Waals surface area contributed by atoms with E-state index in [1.807, 2.05) is 0 Å². The SMILES string of the molecule is O=C1CSC(=S)N1CCn1cn[nH]c1=S. The number of thioether (sulfide) groups is 1. The normalized spacial score (nSPS) is 16.4. The van der Waals surface area contributed by atoms with Crippen LogP contribution >= 0.6 is 36.2 Å². The summed E-state index contributed by atoms with van der Waals surface area (Å²) in [5.74, 6) is 0.523. The summed E-state index contributed by atoms with van der Waals surface area (Å²) in [6, 6.07) is 0. The number of nitrogens with one attached hydrogen (secondary N) is 1. The topological polar surface area (TPSA) is 53.9 Å². The summed E-state index contributed by atoms with van der Waals surface area (Å²) in [7, 11) is 0. The summed E-state index contributed by atoms with van der Waals surface area (Å²) in [5, 5.41) is 6.45. The van der Waals surface area contributed by atoms with Crippen LogP contribution in [0.4, 0.5) is 0 Å². The number of hydrogen-bond donors (Lipinski definition) is 1. The van der Waals surface area contributed by atoms with Gasteiger partial charge in [-0.3, -0.25) is 14.8 Å². The number of amides is 1. The van der Waals surface area contributed by atoms with E-state index >= 15 is 0 Å². The molecule has 8 heteroatoms. The predicted molar refractivity (Wildman–Crippen MR) is 64.2 cm³/mol. The highest BCUT2D eigenvalue weighted by atomic mass is 32.2. The number of H-pyrrole nitrogens is 1. The van der Waals surface area contributed by atoms with Crippen LogP contribution in [0.2, 0.25) is 0 Å². The van der Waals surface area contributed by atoms with E-state index in [4.69, 9.17) is 24.4 Å². The quantitative estimate of drug-likeness (QED) is 0.815. The molecule has 1 aromatic rings. The van der Waals surface area contributed by atoms with E-state index in [1.165, 1.54) is 11.8 Å². The van der Waals surface area contributed by atoms with Crippen LogP contribution in [-0.4, -0.2) is 42.2 Å². The van der Waals surface area contributed by atoms with Crippen LogP contribution in [0.25, 0.3) is 0 Å². The Hall–Kier alpha value is -0.730. The van der Waals surface area contributed by atoms with E-state index in [-0.39, 0.29) is 5.91 Å². The van der Waals surface area contributed by atoms with Gasteiger partial charge in [-0.2, -0.15) is 5.10 Å². The molecule has 15 heavy (non-hydrogen) atoms. The fourth-order valence-electron chi connectivity index (χ4n) is 1.23. The maximum atomic E-state index is 11.4. The molecule has 1 saturated heterocycles. The zero-order valence-electron chi connectivity index (χ0n) is 7.67. The molecule has 0 unspecified atom stereocenters. The van der Waals surface area contributed by atoms with Crippen molar-refractivity contribution in [3.8, 4) is 0 Å². The zero-order chi connectivity index (χ0) is 10.8. The molecule has 1 aliphatic heterocycles. The third-order valence-electron chi connectivity index (χ3n) is 2.02. The van der Waals surface area contributed by atoms with Crippen LogP contribution in [-0.2, 0) is 11.3 Å². The molecule has 0 aliphatic carbocycles. The van der Waals surface area contributed by atoms with Crippen molar-refractivity contribution in [3.05, 3.63) is 11.1 Å². The van der Waals surface area contributed by atoms with Gasteiger partial charge in [0, 0.05) is 13.1 Å². The van der Waals surface area contributed by atoms with Gasteiger partial charge in [0.05, 0.1) is 5.75 Å². The van der Waals surface area contributed by atoms with Gasteiger partial charge in [0.2, 0.25) is 5.91 Å². The number of carbonyl (C=O) groups is 1. The number of aromatic amines is 1. The number of thiocarbonyl (C=S) groups is 1. The summed E-state index contributed by atoms with van der Waals surface area (Å²) >= 11 is 11.4. The summed E-state index contributed by atoms with van der Waals surface area (Å²) in [5.41, 5.74) is 0. The third-order valence-corrected chi connectivity index (χ3v) is 3.78. The lowest BCUT2D eigenvalue weighted by atomic mass is 10.5. The Morgan fingerprint density at radius 3 is 2.87 bits per heavy atom. The summed E-state index contributed by atoms with van der Waals surface area (Å²) in [4.78, 5) is 13.0. The van der Waals surface area contributed by atoms with Gasteiger partial charge in [0.25, 0.3) is 0 Å². The second kappa shape index (κ2) is 4.42. The molecule has 0 saturated carbocycles. The highest BCUT2D eigenvalue weighted by molar-refractivity contribution is 8.23. The number of nitrogens with zero attached hydrogens (tertiary/aromatic N) is 3. The van der Waals surface area contributed by atoms with Crippen LogP contribution < -0.4 is 0 Å². The van der Waals surface area contributed by atoms with Crippen molar-refractivity contribution in [1.82, 2.24) is 19.7 Å². The molecule has 0 radical (unpaired) electrons. The Labute approximate surface area is 101 Å². The van der Waals surface area contributed by atoms with Crippen LogP contribution in [0.5, 0.6) is 0 Å². The molecule has 1 N–H and O–H groups in total. The molecule has 0 bridgehead atoms. The second-order valence-corrected chi connectivity index (χ2v) is 4.95. The maximum absolute atomic E-state index is 11.4. The molecule has 1 amide bonds. The van der Waals surface area contributed by atoms with Crippen LogP contribution in [0.3, 0.4) is 0 Å². The van der Waals surface area contributed by atoms with Crippen LogP contribution in [0, 0.1) is 4.77 Å². The molecule has 2 rings (SSSR count). The molecule has 0 atom stereocenters. The Balaban J connectivity index is 1.99. The molecule has 0 aromatic carbocycles. The Bertz CT molecular complexity index is 435. The van der Waals surface area contributed by atoms with Gasteiger partial charge in [-0.05, 0) is 12.2 Å². The van der Waals surface area contributed by atoms with Crippen molar-refractivity contribution in [1.29, 1.82) is 0 Å². The van der Waals surface area contributed by atoms with Gasteiger partial charge in [-0.15, -0.1) is 0 Å². The number of aromatic nitrogens is 3. The van der Waals surface area contributed by atoms with Gasteiger partial charge in [-0.25, -0.2) is 0 Å². The van der Waals surface area contributed by atoms with Crippen molar-refractivity contribution in [2.75, 3.05) is 12.3 Å². The maximum Gasteiger partial charge on any atom is 0.238 e. The van der Waals surface area contributed by atoms with Crippen molar-refractivity contribution in [2.45, 2.75) is 6.54 Å². The van der Waals surface area contributed by atoms with E-state index in [1.54, 1.807) is 15.8 Å². The van der Waals surface area contributed by atoms with E-state index in [9.17, 15) is 4.79 Å². The number of hydrogen-bond acceptors (Lipinski definition) is 5. The third kappa shape index (κ3) is 2.27. The Morgan fingerprint density at radius 2 is 2.33 bits per heavy atom. The van der Waals surface area contributed by atoms with Gasteiger partial charge >= 0.3 is 0 Å². The van der Waals surface area contributed by atoms with Gasteiger partial charge in [0.1, 0.15) is 10.6 Å². The molecule has 1 fully saturated rings. The fourth-order valence-corrected chi connectivity index (χ4v) is 2.55. The number of carbonyl (C=O) groups excluding carboxylic acids is 1. The van der Waals surface area contributed by atoms with E-state index < -0.39 is 0 Å². The molecule has 1 aliphatic rings. The lowest BCUT2D eigenvalue weighted by molar-refractivity contribution is -0.124. The largest absolute Gasteiger partial charge is 0.305 e. The van der Waals surface area contributed by atoms with Crippen molar-refractivity contribution in [2.24, 2.45) is 0 Å².